The van der Waals surface area contributed by atoms with E-state index >= 15 is 0 Å². The zero-order valence-electron chi connectivity index (χ0n) is 25.7. The van der Waals surface area contributed by atoms with Crippen molar-refractivity contribution in [3.8, 4) is 28.5 Å². The molecule has 0 spiro atoms. The Morgan fingerprint density at radius 2 is 1.57 bits per heavy atom. The summed E-state index contributed by atoms with van der Waals surface area (Å²) < 4.78 is 13.6. The SMILES string of the molecule is CC(C)(C)OC(=O)n1c(C#N)ccc1-c1ccc2c(c1)C(C)(C)OC(C)(CC1c3ccccc3-c3ccccc31)N2C(=O)O. The van der Waals surface area contributed by atoms with E-state index in [0.717, 1.165) is 22.3 Å². The van der Waals surface area contributed by atoms with Crippen LogP contribution < -0.4 is 4.90 Å². The molecule has 0 radical (unpaired) electrons. The van der Waals surface area contributed by atoms with Crippen molar-refractivity contribution < 1.29 is 24.2 Å². The maximum absolute atomic E-state index is 13.2. The number of ether oxygens (including phenoxy) is 2. The van der Waals surface area contributed by atoms with Gasteiger partial charge in [0.2, 0.25) is 0 Å². The highest BCUT2D eigenvalue weighted by atomic mass is 16.6. The van der Waals surface area contributed by atoms with Crippen molar-refractivity contribution in [2.75, 3.05) is 4.90 Å². The Morgan fingerprint density at radius 3 is 2.14 bits per heavy atom. The van der Waals surface area contributed by atoms with E-state index < -0.39 is 29.1 Å². The molecule has 0 saturated carbocycles. The second-order valence-corrected chi connectivity index (χ2v) is 13.1. The van der Waals surface area contributed by atoms with Crippen LogP contribution in [0.5, 0.6) is 0 Å². The molecule has 44 heavy (non-hydrogen) atoms. The van der Waals surface area contributed by atoms with Gasteiger partial charge in [-0.15, -0.1) is 0 Å². The summed E-state index contributed by atoms with van der Waals surface area (Å²) in [6.07, 6.45) is -1.38. The van der Waals surface area contributed by atoms with E-state index in [2.05, 4.69) is 30.3 Å². The maximum Gasteiger partial charge on any atom is 0.420 e. The second kappa shape index (κ2) is 10.1. The fraction of sp³-hybridized carbons (Fsp3) is 0.306. The van der Waals surface area contributed by atoms with Gasteiger partial charge in [0.1, 0.15) is 23.1 Å². The molecule has 8 nitrogen and oxygen atoms in total. The Bertz CT molecular complexity index is 1810. The number of carboxylic acid groups (broad SMARTS) is 1. The second-order valence-electron chi connectivity index (χ2n) is 13.1. The topological polar surface area (TPSA) is 105 Å². The average Bonchev–Trinajstić information content (AvgIpc) is 3.51. The van der Waals surface area contributed by atoms with Crippen LogP contribution in [0.4, 0.5) is 15.3 Å². The third-order valence-corrected chi connectivity index (χ3v) is 8.44. The molecule has 1 aliphatic carbocycles. The van der Waals surface area contributed by atoms with Crippen molar-refractivity contribution in [1.82, 2.24) is 4.57 Å². The average molecular weight is 590 g/mol. The zero-order chi connectivity index (χ0) is 31.6. The molecule has 0 bridgehead atoms. The fourth-order valence-corrected chi connectivity index (χ4v) is 6.83. The minimum Gasteiger partial charge on any atom is -0.465 e. The van der Waals surface area contributed by atoms with Crippen LogP contribution in [-0.2, 0) is 15.1 Å². The van der Waals surface area contributed by atoms with Gasteiger partial charge in [0.15, 0.2) is 0 Å². The number of hydrogen-bond donors (Lipinski definition) is 1. The smallest absolute Gasteiger partial charge is 0.420 e. The van der Waals surface area contributed by atoms with Gasteiger partial charge in [0.05, 0.1) is 17.0 Å². The molecular weight excluding hydrogens is 554 g/mol. The molecule has 1 aromatic heterocycles. The lowest BCUT2D eigenvalue weighted by Gasteiger charge is -2.51. The molecule has 2 heterocycles. The molecule has 1 unspecified atom stereocenters. The van der Waals surface area contributed by atoms with Gasteiger partial charge in [-0.05, 0) is 93.6 Å². The van der Waals surface area contributed by atoms with Gasteiger partial charge in [-0.25, -0.2) is 19.1 Å². The molecule has 3 aromatic carbocycles. The summed E-state index contributed by atoms with van der Waals surface area (Å²) in [5, 5.41) is 20.4. The lowest BCUT2D eigenvalue weighted by Crippen LogP contribution is -2.59. The Morgan fingerprint density at radius 1 is 0.955 bits per heavy atom. The third kappa shape index (κ3) is 4.74. The van der Waals surface area contributed by atoms with Crippen LogP contribution in [0.3, 0.4) is 0 Å². The molecule has 1 atom stereocenters. The molecule has 0 saturated heterocycles. The minimum atomic E-state index is -1.20. The van der Waals surface area contributed by atoms with Gasteiger partial charge >= 0.3 is 12.2 Å². The Hall–Kier alpha value is -4.87. The first-order valence-electron chi connectivity index (χ1n) is 14.7. The molecule has 6 rings (SSSR count). The first-order valence-corrected chi connectivity index (χ1v) is 14.7. The summed E-state index contributed by atoms with van der Waals surface area (Å²) in [6.45, 7) is 11.0. The first-order chi connectivity index (χ1) is 20.7. The van der Waals surface area contributed by atoms with Crippen molar-refractivity contribution in [3.05, 3.63) is 101 Å². The quantitative estimate of drug-likeness (QED) is 0.257. The lowest BCUT2D eigenvalue weighted by atomic mass is 9.84. The van der Waals surface area contributed by atoms with Crippen LogP contribution in [0.1, 0.15) is 76.3 Å². The first kappa shape index (κ1) is 29.2. The predicted molar refractivity (Wildman–Crippen MR) is 168 cm³/mol. The summed E-state index contributed by atoms with van der Waals surface area (Å²) >= 11 is 0. The van der Waals surface area contributed by atoms with Crippen LogP contribution in [0, 0.1) is 11.3 Å². The van der Waals surface area contributed by atoms with Crippen molar-refractivity contribution in [2.24, 2.45) is 0 Å². The van der Waals surface area contributed by atoms with Gasteiger partial charge in [0.25, 0.3) is 0 Å². The molecule has 4 aromatic rings. The summed E-state index contributed by atoms with van der Waals surface area (Å²) in [5.74, 6) is -0.0626. The number of benzene rings is 3. The van der Waals surface area contributed by atoms with Crippen LogP contribution in [0.2, 0.25) is 0 Å². The number of rotatable bonds is 3. The van der Waals surface area contributed by atoms with Crippen LogP contribution in [0.25, 0.3) is 22.4 Å². The van der Waals surface area contributed by atoms with E-state index in [1.807, 2.05) is 51.1 Å². The highest BCUT2D eigenvalue weighted by Gasteiger charge is 2.51. The monoisotopic (exact) mass is 589 g/mol. The van der Waals surface area contributed by atoms with Crippen molar-refractivity contribution in [1.29, 1.82) is 5.26 Å². The van der Waals surface area contributed by atoms with Gasteiger partial charge in [0, 0.05) is 17.9 Å². The zero-order valence-corrected chi connectivity index (χ0v) is 25.7. The number of aromatic nitrogens is 1. The molecule has 8 heteroatoms. The molecule has 2 aliphatic rings. The number of nitrogens with zero attached hydrogens (tertiary/aromatic N) is 3. The standard InChI is InChI=1S/C36H35N3O5/c1-34(2,3)43-33(42)38-23(21-37)16-18-30(38)22-15-17-31-29(19-22)35(4,5)44-36(6,39(31)32(40)41)20-28-26-13-9-7-11-24(26)25-12-8-10-14-27(25)28/h7-19,28H,20H2,1-6H3,(H,40,41). The van der Waals surface area contributed by atoms with Crippen molar-refractivity contribution >= 4 is 17.9 Å². The predicted octanol–water partition coefficient (Wildman–Crippen LogP) is 8.48. The van der Waals surface area contributed by atoms with Gasteiger partial charge < -0.3 is 14.6 Å². The summed E-state index contributed by atoms with van der Waals surface area (Å²) in [7, 11) is 0. The van der Waals surface area contributed by atoms with Crippen LogP contribution in [0.15, 0.2) is 78.9 Å². The van der Waals surface area contributed by atoms with E-state index in [9.17, 15) is 20.0 Å². The van der Waals surface area contributed by atoms with E-state index in [-0.39, 0.29) is 11.6 Å². The molecule has 0 fully saturated rings. The number of fused-ring (bicyclic) bond motifs is 4. The normalized spacial score (nSPS) is 18.6. The number of carbonyl (C=O) groups is 2. The number of amides is 1. The van der Waals surface area contributed by atoms with Gasteiger partial charge in [-0.3, -0.25) is 0 Å². The van der Waals surface area contributed by atoms with Crippen LogP contribution in [-0.4, -0.2) is 33.2 Å². The summed E-state index contributed by atoms with van der Waals surface area (Å²) in [6, 6.07) is 27.2. The maximum atomic E-state index is 13.2. The van der Waals surface area contributed by atoms with E-state index in [0.29, 0.717) is 28.9 Å². The molecule has 224 valence electrons. The molecule has 1 amide bonds. The number of nitriles is 1. The summed E-state index contributed by atoms with van der Waals surface area (Å²) in [5.41, 5.74) is 4.14. The molecule has 1 aliphatic heterocycles. The third-order valence-electron chi connectivity index (χ3n) is 8.44. The van der Waals surface area contributed by atoms with E-state index in [1.165, 1.54) is 9.47 Å². The molecular formula is C36H35N3O5. The lowest BCUT2D eigenvalue weighted by molar-refractivity contribution is -0.148. The summed E-state index contributed by atoms with van der Waals surface area (Å²) in [4.78, 5) is 27.5. The number of hydrogen-bond acceptors (Lipinski definition) is 5. The fourth-order valence-electron chi connectivity index (χ4n) is 6.83. The van der Waals surface area contributed by atoms with Gasteiger partial charge in [-0.1, -0.05) is 54.6 Å². The highest BCUT2D eigenvalue weighted by molar-refractivity contribution is 5.91. The number of carbonyl (C=O) groups excluding carboxylic acids is 1. The van der Waals surface area contributed by atoms with E-state index in [1.54, 1.807) is 45.0 Å². The van der Waals surface area contributed by atoms with Crippen molar-refractivity contribution in [3.63, 3.8) is 0 Å². The number of anilines is 1. The molecule has 1 N–H and O–H groups in total. The Balaban J connectivity index is 1.44. The van der Waals surface area contributed by atoms with E-state index in [4.69, 9.17) is 9.47 Å². The Kier molecular flexibility index (Phi) is 6.71. The van der Waals surface area contributed by atoms with Crippen LogP contribution >= 0.6 is 0 Å². The van der Waals surface area contributed by atoms with Gasteiger partial charge in [-0.2, -0.15) is 5.26 Å². The largest absolute Gasteiger partial charge is 0.465 e. The van der Waals surface area contributed by atoms with Crippen molar-refractivity contribution in [2.45, 2.75) is 70.8 Å². The Labute approximate surface area is 257 Å². The minimum absolute atomic E-state index is 0.0626. The highest BCUT2D eigenvalue weighted by Crippen LogP contribution is 2.53.